The minimum absolute atomic E-state index is 0.323. The number of benzene rings is 2. The maximum Gasteiger partial charge on any atom is 0.142 e. The number of nitrogens with zero attached hydrogens (tertiary/aromatic N) is 2. The fourth-order valence-corrected chi connectivity index (χ4v) is 1.59. The van der Waals surface area contributed by atoms with Crippen molar-refractivity contribution in [1.82, 2.24) is 0 Å². The molecule has 3 nitrogen and oxygen atoms in total. The summed E-state index contributed by atoms with van der Waals surface area (Å²) in [6, 6.07) is 16.4. The van der Waals surface area contributed by atoms with Crippen molar-refractivity contribution >= 4 is 17.8 Å². The quantitative estimate of drug-likeness (QED) is 0.628. The fraction of sp³-hybridized carbons (Fsp3) is 0.0667. The fourth-order valence-electron chi connectivity index (χ4n) is 1.42. The van der Waals surface area contributed by atoms with Crippen LogP contribution in [0.25, 0.3) is 0 Å². The van der Waals surface area contributed by atoms with Gasteiger partial charge in [0.25, 0.3) is 0 Å². The van der Waals surface area contributed by atoms with Crippen molar-refractivity contribution in [3.8, 4) is 6.07 Å². The molecule has 2 aromatic rings. The maximum atomic E-state index is 8.67. The molecule has 0 N–H and O–H groups in total. The minimum atomic E-state index is 0.323. The zero-order chi connectivity index (χ0) is 13.5. The molecule has 93 valence electrons. The summed E-state index contributed by atoms with van der Waals surface area (Å²) in [5.74, 6) is 0. The first-order valence-electron chi connectivity index (χ1n) is 5.61. The number of halogens is 1. The van der Waals surface area contributed by atoms with Crippen LogP contribution in [0.4, 0.5) is 0 Å². The number of hydrogen-bond donors (Lipinski definition) is 0. The monoisotopic (exact) mass is 269 g/mol. The third-order valence-corrected chi connectivity index (χ3v) is 2.75. The van der Waals surface area contributed by atoms with E-state index in [1.54, 1.807) is 24.3 Å². The van der Waals surface area contributed by atoms with Gasteiger partial charge in [0.1, 0.15) is 12.8 Å². The van der Waals surface area contributed by atoms with Crippen molar-refractivity contribution in [3.63, 3.8) is 0 Å². The second-order valence-electron chi connectivity index (χ2n) is 3.77. The summed E-state index contributed by atoms with van der Waals surface area (Å²) in [5, 5.41) is 13.0. The highest BCUT2D eigenvalue weighted by molar-refractivity contribution is 6.33. The van der Waals surface area contributed by atoms with Crippen LogP contribution in [0.1, 0.15) is 16.7 Å². The predicted octanol–water partition coefficient (Wildman–Crippen LogP) is 3.64. The summed E-state index contributed by atoms with van der Waals surface area (Å²) < 4.78 is 0. The molecule has 0 spiro atoms. The summed E-state index contributed by atoms with van der Waals surface area (Å²) in [7, 11) is 0. The van der Waals surface area contributed by atoms with Crippen LogP contribution in [0.15, 0.2) is 53.7 Å². The van der Waals surface area contributed by atoms with Crippen LogP contribution < -0.4 is 0 Å². The molecule has 0 amide bonds. The molecule has 0 heterocycles. The van der Waals surface area contributed by atoms with Crippen LogP contribution >= 0.6 is 11.6 Å². The van der Waals surface area contributed by atoms with Gasteiger partial charge in [-0.25, -0.2) is 0 Å². The molecule has 0 aliphatic rings. The highest BCUT2D eigenvalue weighted by Crippen LogP contribution is 2.12. The van der Waals surface area contributed by atoms with Gasteiger partial charge in [-0.2, -0.15) is 5.26 Å². The van der Waals surface area contributed by atoms with E-state index < -0.39 is 0 Å². The van der Waals surface area contributed by atoms with Crippen LogP contribution in [-0.2, 0) is 11.4 Å². The Kier molecular flexibility index (Phi) is 4.54. The lowest BCUT2D eigenvalue weighted by Gasteiger charge is -1.99. The molecule has 2 aromatic carbocycles. The summed E-state index contributed by atoms with van der Waals surface area (Å²) >= 11 is 5.94. The Bertz CT molecular complexity index is 615. The van der Waals surface area contributed by atoms with Gasteiger partial charge < -0.3 is 4.84 Å². The highest BCUT2D eigenvalue weighted by Gasteiger charge is 1.96. The number of hydrogen-bond acceptors (Lipinski definition) is 3. The molecular weight excluding hydrogens is 260 g/mol. The Morgan fingerprint density at radius 2 is 1.84 bits per heavy atom. The molecule has 0 saturated carbocycles. The van der Waals surface area contributed by atoms with Gasteiger partial charge in [0.15, 0.2) is 0 Å². The molecule has 0 aliphatic heterocycles. The van der Waals surface area contributed by atoms with E-state index >= 15 is 0 Å². The lowest BCUT2D eigenvalue weighted by atomic mass is 10.2. The summed E-state index contributed by atoms with van der Waals surface area (Å²) in [6.45, 7) is 0.323. The van der Waals surface area contributed by atoms with Crippen LogP contribution in [0, 0.1) is 11.3 Å². The van der Waals surface area contributed by atoms with Crippen molar-refractivity contribution in [2.24, 2.45) is 5.16 Å². The number of rotatable bonds is 4. The normalized spacial score (nSPS) is 10.3. The van der Waals surface area contributed by atoms with Crippen molar-refractivity contribution < 1.29 is 4.84 Å². The van der Waals surface area contributed by atoms with Crippen molar-refractivity contribution in [3.05, 3.63) is 70.2 Å². The lowest BCUT2D eigenvalue weighted by Crippen LogP contribution is -1.89. The molecule has 0 bridgehead atoms. The summed E-state index contributed by atoms with van der Waals surface area (Å²) in [5.41, 5.74) is 2.24. The standard InChI is InChI=1S/C15H10ClN2O/c16-15-4-2-1-3-14(15)10-18-19-11-13-7-5-12(9-17)6-8-13/h1-8H,11H2. The molecule has 1 radical (unpaired) electrons. The number of nitriles is 1. The lowest BCUT2D eigenvalue weighted by molar-refractivity contribution is 0.132. The molecule has 0 aliphatic carbocycles. The Labute approximate surface area is 116 Å². The average Bonchev–Trinajstić information content (AvgIpc) is 2.46. The third kappa shape index (κ3) is 3.84. The smallest absolute Gasteiger partial charge is 0.142 e. The van der Waals surface area contributed by atoms with E-state index in [9.17, 15) is 0 Å². The van der Waals surface area contributed by atoms with Gasteiger partial charge in [-0.05, 0) is 23.8 Å². The minimum Gasteiger partial charge on any atom is -0.390 e. The third-order valence-electron chi connectivity index (χ3n) is 2.42. The topological polar surface area (TPSA) is 45.4 Å². The second kappa shape index (κ2) is 6.58. The second-order valence-corrected chi connectivity index (χ2v) is 4.17. The Morgan fingerprint density at radius 1 is 1.11 bits per heavy atom. The first-order chi connectivity index (χ1) is 9.29. The van der Waals surface area contributed by atoms with Crippen molar-refractivity contribution in [1.29, 1.82) is 5.26 Å². The Hall–Kier alpha value is -2.31. The van der Waals surface area contributed by atoms with E-state index in [2.05, 4.69) is 17.4 Å². The van der Waals surface area contributed by atoms with Gasteiger partial charge in [0.2, 0.25) is 0 Å². The Balaban J connectivity index is 1.90. The van der Waals surface area contributed by atoms with Gasteiger partial charge in [-0.3, -0.25) is 0 Å². The molecule has 2 rings (SSSR count). The van der Waals surface area contributed by atoms with Crippen LogP contribution in [0.3, 0.4) is 0 Å². The first-order valence-corrected chi connectivity index (χ1v) is 5.99. The summed E-state index contributed by atoms with van der Waals surface area (Å²) in [6.07, 6.45) is 2.72. The molecule has 0 saturated heterocycles. The van der Waals surface area contributed by atoms with Crippen LogP contribution in [0.5, 0.6) is 0 Å². The molecular formula is C15H10ClN2O. The van der Waals surface area contributed by atoms with Gasteiger partial charge in [-0.15, -0.1) is 0 Å². The van der Waals surface area contributed by atoms with Crippen molar-refractivity contribution in [2.45, 2.75) is 6.61 Å². The van der Waals surface area contributed by atoms with E-state index in [1.807, 2.05) is 24.3 Å². The largest absolute Gasteiger partial charge is 0.390 e. The van der Waals surface area contributed by atoms with E-state index in [0.29, 0.717) is 22.8 Å². The molecule has 0 atom stereocenters. The molecule has 19 heavy (non-hydrogen) atoms. The molecule has 0 fully saturated rings. The molecule has 4 heteroatoms. The highest BCUT2D eigenvalue weighted by atomic mass is 35.5. The molecule has 0 unspecified atom stereocenters. The maximum absolute atomic E-state index is 8.67. The Morgan fingerprint density at radius 3 is 2.53 bits per heavy atom. The van der Waals surface area contributed by atoms with Crippen LogP contribution in [-0.4, -0.2) is 6.21 Å². The van der Waals surface area contributed by atoms with Gasteiger partial charge >= 0.3 is 0 Å². The van der Waals surface area contributed by atoms with Gasteiger partial charge in [-0.1, -0.05) is 47.1 Å². The van der Waals surface area contributed by atoms with E-state index in [4.69, 9.17) is 21.7 Å². The molecule has 0 aromatic heterocycles. The van der Waals surface area contributed by atoms with Crippen molar-refractivity contribution in [2.75, 3.05) is 0 Å². The van der Waals surface area contributed by atoms with Gasteiger partial charge in [0, 0.05) is 5.56 Å². The predicted molar refractivity (Wildman–Crippen MR) is 73.9 cm³/mol. The van der Waals surface area contributed by atoms with E-state index in [-0.39, 0.29) is 0 Å². The first kappa shape index (κ1) is 13.1. The van der Waals surface area contributed by atoms with Gasteiger partial charge in [0.05, 0.1) is 16.7 Å². The van der Waals surface area contributed by atoms with E-state index in [1.165, 1.54) is 0 Å². The van der Waals surface area contributed by atoms with Crippen LogP contribution in [0.2, 0.25) is 5.02 Å². The zero-order valence-corrected chi connectivity index (χ0v) is 10.8. The average molecular weight is 270 g/mol. The van der Waals surface area contributed by atoms with E-state index in [0.717, 1.165) is 5.56 Å². The SMILES string of the molecule is N#Cc1ccc(CO/N=[C]\c2ccccc2Cl)cc1. The summed E-state index contributed by atoms with van der Waals surface area (Å²) in [4.78, 5) is 5.12. The zero-order valence-electron chi connectivity index (χ0n) is 10.0.